The number of rotatable bonds is 1. The van der Waals surface area contributed by atoms with Crippen molar-refractivity contribution in [2.24, 2.45) is 0 Å². The number of nitrogens with zero attached hydrogens (tertiary/aromatic N) is 1. The third-order valence-electron chi connectivity index (χ3n) is 2.42. The standard InChI is InChI=1S/C11H13FN2O/c12-9-2-1-3-10(6-9)14-5-4-13-7-11(15)8-14/h1-3,6,13H,4-5,7-8H2. The smallest absolute Gasteiger partial charge is 0.165 e. The van der Waals surface area contributed by atoms with Gasteiger partial charge in [-0.25, -0.2) is 4.39 Å². The lowest BCUT2D eigenvalue weighted by Crippen LogP contribution is -2.29. The molecule has 1 aromatic rings. The molecule has 1 aliphatic rings. The predicted molar refractivity (Wildman–Crippen MR) is 56.5 cm³/mol. The van der Waals surface area contributed by atoms with E-state index in [9.17, 15) is 9.18 Å². The predicted octanol–water partition coefficient (Wildman–Crippen LogP) is 0.804. The van der Waals surface area contributed by atoms with E-state index in [2.05, 4.69) is 5.32 Å². The van der Waals surface area contributed by atoms with Crippen LogP contribution in [0, 0.1) is 5.82 Å². The number of anilines is 1. The van der Waals surface area contributed by atoms with Gasteiger partial charge in [0, 0.05) is 18.8 Å². The fourth-order valence-electron chi connectivity index (χ4n) is 1.68. The van der Waals surface area contributed by atoms with Gasteiger partial charge in [0.1, 0.15) is 5.82 Å². The van der Waals surface area contributed by atoms with Gasteiger partial charge in [-0.05, 0) is 18.2 Å². The van der Waals surface area contributed by atoms with Crippen molar-refractivity contribution in [3.8, 4) is 0 Å². The second-order valence-electron chi connectivity index (χ2n) is 3.62. The first-order chi connectivity index (χ1) is 7.25. The van der Waals surface area contributed by atoms with Crippen molar-refractivity contribution >= 4 is 11.5 Å². The fraction of sp³-hybridized carbons (Fsp3) is 0.364. The molecule has 0 radical (unpaired) electrons. The number of hydrogen-bond donors (Lipinski definition) is 1. The summed E-state index contributed by atoms with van der Waals surface area (Å²) in [7, 11) is 0. The minimum absolute atomic E-state index is 0.136. The Balaban J connectivity index is 2.18. The molecule has 0 unspecified atom stereocenters. The van der Waals surface area contributed by atoms with Gasteiger partial charge < -0.3 is 10.2 Å². The topological polar surface area (TPSA) is 32.3 Å². The molecule has 0 aliphatic carbocycles. The molecule has 1 aromatic carbocycles. The monoisotopic (exact) mass is 208 g/mol. The summed E-state index contributed by atoms with van der Waals surface area (Å²) >= 11 is 0. The van der Waals surface area contributed by atoms with Gasteiger partial charge in [0.25, 0.3) is 0 Å². The number of nitrogens with one attached hydrogen (secondary N) is 1. The van der Waals surface area contributed by atoms with E-state index >= 15 is 0 Å². The van der Waals surface area contributed by atoms with Crippen molar-refractivity contribution < 1.29 is 9.18 Å². The van der Waals surface area contributed by atoms with Crippen molar-refractivity contribution in [1.29, 1.82) is 0 Å². The minimum atomic E-state index is -0.267. The Kier molecular flexibility index (Phi) is 2.97. The average molecular weight is 208 g/mol. The quantitative estimate of drug-likeness (QED) is 0.741. The Morgan fingerprint density at radius 3 is 3.07 bits per heavy atom. The van der Waals surface area contributed by atoms with Crippen molar-refractivity contribution in [3.63, 3.8) is 0 Å². The first-order valence-electron chi connectivity index (χ1n) is 4.98. The van der Waals surface area contributed by atoms with E-state index in [4.69, 9.17) is 0 Å². The molecule has 0 aromatic heterocycles. The molecule has 1 heterocycles. The molecular weight excluding hydrogens is 195 g/mol. The molecule has 80 valence electrons. The van der Waals surface area contributed by atoms with Gasteiger partial charge in [0.15, 0.2) is 5.78 Å². The second-order valence-corrected chi connectivity index (χ2v) is 3.62. The Morgan fingerprint density at radius 1 is 1.40 bits per heavy atom. The number of Topliss-reactive ketones (excluding diaryl/α,β-unsaturated/α-hetero) is 1. The highest BCUT2D eigenvalue weighted by molar-refractivity contribution is 5.85. The molecule has 3 nitrogen and oxygen atoms in total. The van der Waals surface area contributed by atoms with Gasteiger partial charge >= 0.3 is 0 Å². The summed E-state index contributed by atoms with van der Waals surface area (Å²) in [5, 5.41) is 3.03. The average Bonchev–Trinajstić information content (AvgIpc) is 2.43. The van der Waals surface area contributed by atoms with Gasteiger partial charge in [-0.15, -0.1) is 0 Å². The third kappa shape index (κ3) is 2.53. The summed E-state index contributed by atoms with van der Waals surface area (Å²) in [4.78, 5) is 13.2. The van der Waals surface area contributed by atoms with Crippen LogP contribution in [0.2, 0.25) is 0 Å². The molecule has 1 fully saturated rings. The van der Waals surface area contributed by atoms with Crippen LogP contribution in [0.3, 0.4) is 0 Å². The first kappa shape index (κ1) is 10.1. The molecule has 0 spiro atoms. The number of benzene rings is 1. The fourth-order valence-corrected chi connectivity index (χ4v) is 1.68. The van der Waals surface area contributed by atoms with Crippen LogP contribution in [0.4, 0.5) is 10.1 Å². The van der Waals surface area contributed by atoms with E-state index in [0.717, 1.165) is 18.8 Å². The van der Waals surface area contributed by atoms with Crippen molar-refractivity contribution in [2.45, 2.75) is 0 Å². The summed E-state index contributed by atoms with van der Waals surface area (Å²) in [6.45, 7) is 2.25. The zero-order valence-electron chi connectivity index (χ0n) is 8.37. The van der Waals surface area contributed by atoms with E-state index in [1.807, 2.05) is 11.0 Å². The van der Waals surface area contributed by atoms with E-state index < -0.39 is 0 Å². The SMILES string of the molecule is O=C1CNCCN(c2cccc(F)c2)C1. The summed E-state index contributed by atoms with van der Waals surface area (Å²) in [6.07, 6.45) is 0. The zero-order chi connectivity index (χ0) is 10.7. The van der Waals surface area contributed by atoms with E-state index in [0.29, 0.717) is 13.1 Å². The minimum Gasteiger partial charge on any atom is -0.363 e. The van der Waals surface area contributed by atoms with Crippen molar-refractivity contribution in [3.05, 3.63) is 30.1 Å². The van der Waals surface area contributed by atoms with Crippen LogP contribution in [0.25, 0.3) is 0 Å². The Morgan fingerprint density at radius 2 is 2.27 bits per heavy atom. The number of halogens is 1. The van der Waals surface area contributed by atoms with Gasteiger partial charge in [0.05, 0.1) is 13.1 Å². The molecule has 15 heavy (non-hydrogen) atoms. The molecule has 2 rings (SSSR count). The van der Waals surface area contributed by atoms with Crippen LogP contribution in [0.1, 0.15) is 0 Å². The van der Waals surface area contributed by atoms with E-state index in [1.54, 1.807) is 6.07 Å². The van der Waals surface area contributed by atoms with Crippen molar-refractivity contribution in [1.82, 2.24) is 5.32 Å². The van der Waals surface area contributed by atoms with E-state index in [-0.39, 0.29) is 11.6 Å². The largest absolute Gasteiger partial charge is 0.363 e. The normalized spacial score (nSPS) is 17.7. The highest BCUT2D eigenvalue weighted by Crippen LogP contribution is 2.15. The molecule has 1 aliphatic heterocycles. The van der Waals surface area contributed by atoms with Crippen LogP contribution in [-0.2, 0) is 4.79 Å². The molecule has 0 bridgehead atoms. The highest BCUT2D eigenvalue weighted by Gasteiger charge is 2.14. The molecule has 4 heteroatoms. The summed E-state index contributed by atoms with van der Waals surface area (Å²) in [5.41, 5.74) is 0.770. The number of hydrogen-bond acceptors (Lipinski definition) is 3. The van der Waals surface area contributed by atoms with Gasteiger partial charge in [-0.1, -0.05) is 6.07 Å². The summed E-state index contributed by atoms with van der Waals surface area (Å²) in [5.74, 6) is -0.131. The Labute approximate surface area is 87.9 Å². The Bertz CT molecular complexity index is 367. The molecular formula is C11H13FN2O. The first-order valence-corrected chi connectivity index (χ1v) is 4.98. The van der Waals surface area contributed by atoms with Gasteiger partial charge in [-0.2, -0.15) is 0 Å². The Hall–Kier alpha value is -1.42. The van der Waals surface area contributed by atoms with Crippen LogP contribution in [0.15, 0.2) is 24.3 Å². The number of carbonyl (C=O) groups is 1. The van der Waals surface area contributed by atoms with Gasteiger partial charge in [-0.3, -0.25) is 4.79 Å². The lowest BCUT2D eigenvalue weighted by Gasteiger charge is -2.21. The van der Waals surface area contributed by atoms with Crippen LogP contribution < -0.4 is 10.2 Å². The van der Waals surface area contributed by atoms with Crippen LogP contribution >= 0.6 is 0 Å². The molecule has 1 N–H and O–H groups in total. The maximum Gasteiger partial charge on any atom is 0.165 e. The second kappa shape index (κ2) is 4.40. The maximum absolute atomic E-state index is 13.0. The lowest BCUT2D eigenvalue weighted by molar-refractivity contribution is -0.116. The maximum atomic E-state index is 13.0. The molecule has 0 amide bonds. The zero-order valence-corrected chi connectivity index (χ0v) is 8.37. The van der Waals surface area contributed by atoms with Crippen LogP contribution in [0.5, 0.6) is 0 Å². The molecule has 0 saturated carbocycles. The van der Waals surface area contributed by atoms with Gasteiger partial charge in [0.2, 0.25) is 0 Å². The third-order valence-corrected chi connectivity index (χ3v) is 2.42. The highest BCUT2D eigenvalue weighted by atomic mass is 19.1. The summed E-state index contributed by atoms with van der Waals surface area (Å²) in [6, 6.07) is 6.34. The number of ketones is 1. The van der Waals surface area contributed by atoms with E-state index in [1.165, 1.54) is 12.1 Å². The van der Waals surface area contributed by atoms with Crippen molar-refractivity contribution in [2.75, 3.05) is 31.1 Å². The lowest BCUT2D eigenvalue weighted by atomic mass is 10.2. The molecule has 0 atom stereocenters. The molecule has 1 saturated heterocycles. The number of carbonyl (C=O) groups excluding carboxylic acids is 1. The summed E-state index contributed by atoms with van der Waals surface area (Å²) < 4.78 is 13.0. The van der Waals surface area contributed by atoms with Crippen LogP contribution in [-0.4, -0.2) is 32.0 Å².